The van der Waals surface area contributed by atoms with Crippen molar-refractivity contribution < 1.29 is 4.39 Å². The number of rotatable bonds is 6. The zero-order chi connectivity index (χ0) is 17.6. The van der Waals surface area contributed by atoms with E-state index in [0.717, 1.165) is 23.6 Å². The van der Waals surface area contributed by atoms with E-state index in [1.165, 1.54) is 50.5 Å². The van der Waals surface area contributed by atoms with Gasteiger partial charge < -0.3 is 0 Å². The van der Waals surface area contributed by atoms with Crippen LogP contribution in [-0.2, 0) is 6.42 Å². The third-order valence-corrected chi connectivity index (χ3v) is 5.65. The van der Waals surface area contributed by atoms with Gasteiger partial charge in [-0.15, -0.1) is 0 Å². The molecule has 3 rings (SSSR count). The van der Waals surface area contributed by atoms with Crippen molar-refractivity contribution in [1.82, 2.24) is 4.98 Å². The topological polar surface area (TPSA) is 12.9 Å². The number of benzene rings is 1. The maximum absolute atomic E-state index is 14.7. The van der Waals surface area contributed by atoms with E-state index in [-0.39, 0.29) is 5.82 Å². The molecule has 1 aliphatic carbocycles. The van der Waals surface area contributed by atoms with Crippen molar-refractivity contribution in [3.8, 4) is 11.3 Å². The molecular formula is C23H30FN. The lowest BCUT2D eigenvalue weighted by Crippen LogP contribution is -2.11. The molecule has 134 valence electrons. The van der Waals surface area contributed by atoms with Gasteiger partial charge in [0.15, 0.2) is 0 Å². The van der Waals surface area contributed by atoms with E-state index in [2.05, 4.69) is 31.0 Å². The first-order chi connectivity index (χ1) is 12.2. The summed E-state index contributed by atoms with van der Waals surface area (Å²) in [6.07, 6.45) is 11.5. The fourth-order valence-corrected chi connectivity index (χ4v) is 3.90. The Hall–Kier alpha value is -1.70. The van der Waals surface area contributed by atoms with E-state index >= 15 is 0 Å². The van der Waals surface area contributed by atoms with Crippen LogP contribution >= 0.6 is 0 Å². The first kappa shape index (κ1) is 18.1. The Kier molecular flexibility index (Phi) is 6.23. The Bertz CT molecular complexity index is 669. The second kappa shape index (κ2) is 8.60. The molecule has 0 radical (unpaired) electrons. The van der Waals surface area contributed by atoms with Crippen LogP contribution in [0.1, 0.15) is 75.8 Å². The standard InChI is InChI=1S/C23H30FN/c1-3-4-5-6-18-9-14-23(25-16-18)21-13-12-20(15-22(21)24)19-10-7-17(2)8-11-19/h9,12-17,19H,3-8,10-11H2,1-2H3. The van der Waals surface area contributed by atoms with Crippen LogP contribution in [0.5, 0.6) is 0 Å². The summed E-state index contributed by atoms with van der Waals surface area (Å²) in [7, 11) is 0. The van der Waals surface area contributed by atoms with Gasteiger partial charge in [0, 0.05) is 11.8 Å². The van der Waals surface area contributed by atoms with Crippen LogP contribution in [0.3, 0.4) is 0 Å². The average Bonchev–Trinajstić information content (AvgIpc) is 2.63. The Labute approximate surface area is 151 Å². The van der Waals surface area contributed by atoms with Crippen molar-refractivity contribution in [3.05, 3.63) is 53.5 Å². The molecule has 25 heavy (non-hydrogen) atoms. The van der Waals surface area contributed by atoms with Crippen molar-refractivity contribution >= 4 is 0 Å². The smallest absolute Gasteiger partial charge is 0.132 e. The maximum Gasteiger partial charge on any atom is 0.132 e. The van der Waals surface area contributed by atoms with Crippen molar-refractivity contribution in [2.75, 3.05) is 0 Å². The van der Waals surface area contributed by atoms with E-state index in [4.69, 9.17) is 0 Å². The molecule has 1 aromatic carbocycles. The average molecular weight is 339 g/mol. The van der Waals surface area contributed by atoms with E-state index in [0.29, 0.717) is 11.5 Å². The number of hydrogen-bond donors (Lipinski definition) is 0. The minimum absolute atomic E-state index is 0.137. The molecule has 0 bridgehead atoms. The lowest BCUT2D eigenvalue weighted by Gasteiger charge is -2.26. The van der Waals surface area contributed by atoms with Gasteiger partial charge >= 0.3 is 0 Å². The maximum atomic E-state index is 14.7. The number of halogens is 1. The van der Waals surface area contributed by atoms with Crippen molar-refractivity contribution in [1.29, 1.82) is 0 Å². The fraction of sp³-hybridized carbons (Fsp3) is 0.522. The normalized spacial score (nSPS) is 20.6. The molecule has 0 atom stereocenters. The van der Waals surface area contributed by atoms with Crippen LogP contribution < -0.4 is 0 Å². The van der Waals surface area contributed by atoms with Crippen LogP contribution in [-0.4, -0.2) is 4.98 Å². The SMILES string of the molecule is CCCCCc1ccc(-c2ccc(C3CCC(C)CC3)cc2F)nc1. The van der Waals surface area contributed by atoms with E-state index in [1.54, 1.807) is 6.07 Å². The first-order valence-electron chi connectivity index (χ1n) is 9.92. The van der Waals surface area contributed by atoms with E-state index in [9.17, 15) is 4.39 Å². The number of aromatic nitrogens is 1. The predicted octanol–water partition coefficient (Wildman–Crippen LogP) is 6.91. The summed E-state index contributed by atoms with van der Waals surface area (Å²) in [5.74, 6) is 1.21. The zero-order valence-corrected chi connectivity index (χ0v) is 15.6. The van der Waals surface area contributed by atoms with Crippen LogP contribution in [0.15, 0.2) is 36.5 Å². The Balaban J connectivity index is 1.70. The molecule has 1 heterocycles. The van der Waals surface area contributed by atoms with Crippen LogP contribution in [0.4, 0.5) is 4.39 Å². The molecule has 2 heteroatoms. The molecule has 0 amide bonds. The van der Waals surface area contributed by atoms with Crippen LogP contribution in [0.2, 0.25) is 0 Å². The number of unbranched alkanes of at least 4 members (excludes halogenated alkanes) is 2. The Morgan fingerprint density at radius 1 is 1.04 bits per heavy atom. The van der Waals surface area contributed by atoms with Gasteiger partial charge in [0.25, 0.3) is 0 Å². The Morgan fingerprint density at radius 2 is 1.84 bits per heavy atom. The summed E-state index contributed by atoms with van der Waals surface area (Å²) in [5, 5.41) is 0. The lowest BCUT2D eigenvalue weighted by atomic mass is 9.79. The second-order valence-corrected chi connectivity index (χ2v) is 7.70. The molecule has 1 nitrogen and oxygen atoms in total. The molecule has 1 aliphatic rings. The third-order valence-electron chi connectivity index (χ3n) is 5.65. The van der Waals surface area contributed by atoms with Gasteiger partial charge in [0.1, 0.15) is 5.82 Å². The quantitative estimate of drug-likeness (QED) is 0.521. The Morgan fingerprint density at radius 3 is 2.48 bits per heavy atom. The first-order valence-corrected chi connectivity index (χ1v) is 9.92. The molecule has 0 N–H and O–H groups in total. The molecule has 1 fully saturated rings. The fourth-order valence-electron chi connectivity index (χ4n) is 3.90. The molecule has 0 unspecified atom stereocenters. The predicted molar refractivity (Wildman–Crippen MR) is 103 cm³/mol. The third kappa shape index (κ3) is 4.68. The summed E-state index contributed by atoms with van der Waals surface area (Å²) in [6, 6.07) is 9.82. The van der Waals surface area contributed by atoms with Crippen LogP contribution in [0.25, 0.3) is 11.3 Å². The van der Waals surface area contributed by atoms with Gasteiger partial charge in [0.2, 0.25) is 0 Å². The van der Waals surface area contributed by atoms with Crippen LogP contribution in [0, 0.1) is 11.7 Å². The number of aryl methyl sites for hydroxylation is 1. The molecule has 1 saturated carbocycles. The van der Waals surface area contributed by atoms with Gasteiger partial charge in [0.05, 0.1) is 5.69 Å². The van der Waals surface area contributed by atoms with Crippen molar-refractivity contribution in [3.63, 3.8) is 0 Å². The lowest BCUT2D eigenvalue weighted by molar-refractivity contribution is 0.347. The highest BCUT2D eigenvalue weighted by molar-refractivity contribution is 5.60. The highest BCUT2D eigenvalue weighted by Gasteiger charge is 2.20. The number of nitrogens with zero attached hydrogens (tertiary/aromatic N) is 1. The van der Waals surface area contributed by atoms with Gasteiger partial charge in [-0.25, -0.2) is 4.39 Å². The summed E-state index contributed by atoms with van der Waals surface area (Å²) in [4.78, 5) is 4.50. The largest absolute Gasteiger partial charge is 0.256 e. The minimum atomic E-state index is -0.137. The summed E-state index contributed by atoms with van der Waals surface area (Å²) in [6.45, 7) is 4.53. The molecule has 2 aromatic rings. The molecular weight excluding hydrogens is 309 g/mol. The van der Waals surface area contributed by atoms with Gasteiger partial charge in [-0.05, 0) is 66.8 Å². The highest BCUT2D eigenvalue weighted by atomic mass is 19.1. The second-order valence-electron chi connectivity index (χ2n) is 7.70. The van der Waals surface area contributed by atoms with E-state index < -0.39 is 0 Å². The zero-order valence-electron chi connectivity index (χ0n) is 15.6. The van der Waals surface area contributed by atoms with Gasteiger partial charge in [-0.3, -0.25) is 4.98 Å². The number of hydrogen-bond acceptors (Lipinski definition) is 1. The van der Waals surface area contributed by atoms with Gasteiger partial charge in [-0.1, -0.05) is 51.7 Å². The summed E-state index contributed by atoms with van der Waals surface area (Å²) >= 11 is 0. The summed E-state index contributed by atoms with van der Waals surface area (Å²) < 4.78 is 14.7. The van der Waals surface area contributed by atoms with E-state index in [1.807, 2.05) is 18.3 Å². The summed E-state index contributed by atoms with van der Waals surface area (Å²) in [5.41, 5.74) is 3.75. The highest BCUT2D eigenvalue weighted by Crippen LogP contribution is 2.36. The molecule has 0 spiro atoms. The molecule has 0 aliphatic heterocycles. The molecule has 0 saturated heterocycles. The molecule has 1 aromatic heterocycles. The minimum Gasteiger partial charge on any atom is -0.256 e. The number of pyridine rings is 1. The van der Waals surface area contributed by atoms with Gasteiger partial charge in [-0.2, -0.15) is 0 Å². The van der Waals surface area contributed by atoms with Crippen molar-refractivity contribution in [2.45, 2.75) is 71.1 Å². The van der Waals surface area contributed by atoms with Crippen molar-refractivity contribution in [2.24, 2.45) is 5.92 Å². The monoisotopic (exact) mass is 339 g/mol.